The third kappa shape index (κ3) is 6.36. The van der Waals surface area contributed by atoms with Crippen molar-refractivity contribution in [1.29, 1.82) is 0 Å². The standard InChI is InChI=1S/C26H34N2O4S/c29-25(27-16-8-3-9-17-27)19-26(22-32-24-13-6-2-7-14-24)15-10-18-28(21-26)33(30,31)20-23-11-4-1-5-12-23/h1-2,4-7,11-14H,3,8-10,15-22H2/t26-/m1/s1. The van der Waals surface area contributed by atoms with Crippen LogP contribution in [0.2, 0.25) is 0 Å². The van der Waals surface area contributed by atoms with Gasteiger partial charge in [-0.25, -0.2) is 12.7 Å². The molecule has 0 radical (unpaired) electrons. The number of carbonyl (C=O) groups excluding carboxylic acids is 1. The normalized spacial score (nSPS) is 22.1. The lowest BCUT2D eigenvalue weighted by Gasteiger charge is -2.42. The molecular formula is C26H34N2O4S. The van der Waals surface area contributed by atoms with Crippen LogP contribution in [0.3, 0.4) is 0 Å². The molecule has 6 nitrogen and oxygen atoms in total. The Hall–Kier alpha value is -2.38. The zero-order valence-electron chi connectivity index (χ0n) is 19.2. The maximum Gasteiger partial charge on any atom is 0.223 e. The summed E-state index contributed by atoms with van der Waals surface area (Å²) in [7, 11) is -3.50. The molecule has 2 aliphatic heterocycles. The van der Waals surface area contributed by atoms with Gasteiger partial charge in [-0.15, -0.1) is 0 Å². The lowest BCUT2D eigenvalue weighted by atomic mass is 9.78. The molecular weight excluding hydrogens is 436 g/mol. The van der Waals surface area contributed by atoms with Crippen LogP contribution < -0.4 is 4.74 Å². The number of carbonyl (C=O) groups is 1. The van der Waals surface area contributed by atoms with Crippen molar-refractivity contribution in [2.75, 3.05) is 32.8 Å². The van der Waals surface area contributed by atoms with E-state index in [1.807, 2.05) is 65.6 Å². The molecule has 1 amide bonds. The minimum atomic E-state index is -3.50. The Balaban J connectivity index is 1.52. The summed E-state index contributed by atoms with van der Waals surface area (Å²) in [5, 5.41) is 0. The first-order valence-electron chi connectivity index (χ1n) is 11.9. The molecule has 4 rings (SSSR count). The van der Waals surface area contributed by atoms with Gasteiger partial charge in [0.05, 0.1) is 12.4 Å². The topological polar surface area (TPSA) is 66.9 Å². The second kappa shape index (κ2) is 10.7. The number of nitrogens with zero attached hydrogens (tertiary/aromatic N) is 2. The van der Waals surface area contributed by atoms with E-state index in [0.717, 1.165) is 56.5 Å². The van der Waals surface area contributed by atoms with Crippen LogP contribution in [0.4, 0.5) is 0 Å². The van der Waals surface area contributed by atoms with E-state index in [4.69, 9.17) is 4.74 Å². The van der Waals surface area contributed by atoms with Crippen LogP contribution in [-0.4, -0.2) is 56.3 Å². The van der Waals surface area contributed by atoms with Crippen molar-refractivity contribution >= 4 is 15.9 Å². The lowest BCUT2D eigenvalue weighted by molar-refractivity contribution is -0.136. The maximum absolute atomic E-state index is 13.3. The van der Waals surface area contributed by atoms with Gasteiger partial charge in [-0.2, -0.15) is 0 Å². The molecule has 2 saturated heterocycles. The van der Waals surface area contributed by atoms with E-state index in [2.05, 4.69) is 0 Å². The minimum absolute atomic E-state index is 0.0243. The van der Waals surface area contributed by atoms with Crippen LogP contribution in [0, 0.1) is 5.41 Å². The highest BCUT2D eigenvalue weighted by atomic mass is 32.2. The third-order valence-corrected chi connectivity index (χ3v) is 8.53. The highest BCUT2D eigenvalue weighted by Gasteiger charge is 2.42. The summed E-state index contributed by atoms with van der Waals surface area (Å²) < 4.78 is 34.3. The number of ether oxygens (including phenoxy) is 1. The summed E-state index contributed by atoms with van der Waals surface area (Å²) in [6.07, 6.45) is 5.05. The molecule has 2 fully saturated rings. The van der Waals surface area contributed by atoms with Crippen LogP contribution in [0.5, 0.6) is 5.75 Å². The Morgan fingerprint density at radius 3 is 2.24 bits per heavy atom. The van der Waals surface area contributed by atoms with Crippen molar-refractivity contribution in [2.45, 2.75) is 44.3 Å². The van der Waals surface area contributed by atoms with Crippen LogP contribution >= 0.6 is 0 Å². The fraction of sp³-hybridized carbons (Fsp3) is 0.500. The largest absolute Gasteiger partial charge is 0.493 e. The number of hydrogen-bond donors (Lipinski definition) is 0. The Morgan fingerprint density at radius 2 is 1.55 bits per heavy atom. The predicted molar refractivity (Wildman–Crippen MR) is 129 cm³/mol. The number of piperidine rings is 2. The fourth-order valence-corrected chi connectivity index (χ4v) is 6.59. The summed E-state index contributed by atoms with van der Waals surface area (Å²) in [6, 6.07) is 18.8. The summed E-state index contributed by atoms with van der Waals surface area (Å²) in [6.45, 7) is 2.72. The zero-order chi connectivity index (χ0) is 23.2. The molecule has 0 bridgehead atoms. The van der Waals surface area contributed by atoms with Crippen molar-refractivity contribution in [3.63, 3.8) is 0 Å². The van der Waals surface area contributed by atoms with Gasteiger partial charge in [-0.05, 0) is 49.8 Å². The van der Waals surface area contributed by atoms with E-state index < -0.39 is 15.4 Å². The summed E-state index contributed by atoms with van der Waals surface area (Å²) in [4.78, 5) is 15.2. The molecule has 2 aromatic rings. The molecule has 0 aromatic heterocycles. The van der Waals surface area contributed by atoms with Crippen molar-refractivity contribution in [3.05, 3.63) is 66.2 Å². The molecule has 33 heavy (non-hydrogen) atoms. The predicted octanol–water partition coefficient (Wildman–Crippen LogP) is 4.08. The Bertz CT molecular complexity index is 1010. The average Bonchev–Trinajstić information content (AvgIpc) is 2.84. The van der Waals surface area contributed by atoms with E-state index in [1.54, 1.807) is 4.31 Å². The number of rotatable bonds is 8. The third-order valence-electron chi connectivity index (χ3n) is 6.73. The molecule has 178 valence electrons. The summed E-state index contributed by atoms with van der Waals surface area (Å²) >= 11 is 0. The Labute approximate surface area is 197 Å². The lowest BCUT2D eigenvalue weighted by Crippen LogP contribution is -2.51. The van der Waals surface area contributed by atoms with Crippen molar-refractivity contribution in [2.24, 2.45) is 5.41 Å². The fourth-order valence-electron chi connectivity index (χ4n) is 4.92. The van der Waals surface area contributed by atoms with Crippen molar-refractivity contribution in [1.82, 2.24) is 9.21 Å². The maximum atomic E-state index is 13.3. The molecule has 0 aliphatic carbocycles. The average molecular weight is 471 g/mol. The van der Waals surface area contributed by atoms with Gasteiger partial charge >= 0.3 is 0 Å². The van der Waals surface area contributed by atoms with Gasteiger partial charge in [0.1, 0.15) is 5.75 Å². The van der Waals surface area contributed by atoms with Gasteiger partial charge in [-0.1, -0.05) is 48.5 Å². The SMILES string of the molecule is O=C(C[C@]1(COc2ccccc2)CCCN(S(=O)(=O)Cc2ccccc2)C1)N1CCCCC1. The van der Waals surface area contributed by atoms with Gasteiger partial charge in [0.15, 0.2) is 0 Å². The van der Waals surface area contributed by atoms with Gasteiger partial charge in [0.25, 0.3) is 0 Å². The zero-order valence-corrected chi connectivity index (χ0v) is 20.0. The monoisotopic (exact) mass is 470 g/mol. The van der Waals surface area contributed by atoms with E-state index in [1.165, 1.54) is 0 Å². The van der Waals surface area contributed by atoms with Gasteiger partial charge in [0, 0.05) is 38.0 Å². The first kappa shape index (κ1) is 23.8. The van der Waals surface area contributed by atoms with Crippen LogP contribution in [0.1, 0.15) is 44.1 Å². The van der Waals surface area contributed by atoms with Gasteiger partial charge in [-0.3, -0.25) is 4.79 Å². The minimum Gasteiger partial charge on any atom is -0.493 e. The van der Waals surface area contributed by atoms with Crippen molar-refractivity contribution < 1.29 is 17.9 Å². The van der Waals surface area contributed by atoms with E-state index in [9.17, 15) is 13.2 Å². The number of sulfonamides is 1. The number of benzene rings is 2. The molecule has 0 unspecified atom stereocenters. The quantitative estimate of drug-likeness (QED) is 0.583. The smallest absolute Gasteiger partial charge is 0.223 e. The Morgan fingerprint density at radius 1 is 0.879 bits per heavy atom. The first-order chi connectivity index (χ1) is 16.0. The molecule has 1 atom stereocenters. The second-order valence-electron chi connectivity index (χ2n) is 9.40. The molecule has 0 N–H and O–H groups in total. The van der Waals surface area contributed by atoms with Crippen LogP contribution in [0.15, 0.2) is 60.7 Å². The number of amides is 1. The number of likely N-dealkylation sites (tertiary alicyclic amines) is 1. The van der Waals surface area contributed by atoms with Crippen LogP contribution in [0.25, 0.3) is 0 Å². The molecule has 2 aromatic carbocycles. The number of hydrogen-bond acceptors (Lipinski definition) is 4. The highest BCUT2D eigenvalue weighted by molar-refractivity contribution is 7.88. The summed E-state index contributed by atoms with van der Waals surface area (Å²) in [5.41, 5.74) is 0.241. The highest BCUT2D eigenvalue weighted by Crippen LogP contribution is 2.37. The van der Waals surface area contributed by atoms with E-state index in [0.29, 0.717) is 26.1 Å². The molecule has 0 saturated carbocycles. The molecule has 2 heterocycles. The Kier molecular flexibility index (Phi) is 7.71. The summed E-state index contributed by atoms with van der Waals surface area (Å²) in [5.74, 6) is 0.837. The molecule has 2 aliphatic rings. The van der Waals surface area contributed by atoms with Gasteiger partial charge < -0.3 is 9.64 Å². The first-order valence-corrected chi connectivity index (χ1v) is 13.5. The number of para-hydroxylation sites is 1. The van der Waals surface area contributed by atoms with Gasteiger partial charge in [0.2, 0.25) is 15.9 Å². The van der Waals surface area contributed by atoms with Crippen LogP contribution in [-0.2, 0) is 20.6 Å². The van der Waals surface area contributed by atoms with E-state index in [-0.39, 0.29) is 11.7 Å². The molecule has 0 spiro atoms. The van der Waals surface area contributed by atoms with E-state index >= 15 is 0 Å². The van der Waals surface area contributed by atoms with Crippen molar-refractivity contribution in [3.8, 4) is 5.75 Å². The molecule has 7 heteroatoms. The second-order valence-corrected chi connectivity index (χ2v) is 11.4.